The van der Waals surface area contributed by atoms with Crippen LogP contribution in [0.1, 0.15) is 56.2 Å². The summed E-state index contributed by atoms with van der Waals surface area (Å²) >= 11 is 0. The zero-order valence-electron chi connectivity index (χ0n) is 21.2. The molecule has 0 aliphatic carbocycles. The second-order valence-corrected chi connectivity index (χ2v) is 9.93. The van der Waals surface area contributed by atoms with Crippen LogP contribution >= 0.6 is 0 Å². The minimum absolute atomic E-state index is 0.0256. The van der Waals surface area contributed by atoms with Gasteiger partial charge in [-0.2, -0.15) is 0 Å². The maximum atomic E-state index is 13.8. The van der Waals surface area contributed by atoms with Crippen molar-refractivity contribution in [3.8, 4) is 11.1 Å². The molecule has 36 heavy (non-hydrogen) atoms. The van der Waals surface area contributed by atoms with Gasteiger partial charge in [-0.25, -0.2) is 0 Å². The first-order valence-corrected chi connectivity index (χ1v) is 12.5. The van der Waals surface area contributed by atoms with Crippen molar-refractivity contribution in [1.29, 1.82) is 0 Å². The van der Waals surface area contributed by atoms with Gasteiger partial charge in [0, 0.05) is 5.69 Å². The van der Waals surface area contributed by atoms with Crippen molar-refractivity contribution in [3.05, 3.63) is 89.5 Å². The number of carbonyl (C=O) groups excluding carboxylic acids is 2. The molecule has 3 unspecified atom stereocenters. The van der Waals surface area contributed by atoms with Gasteiger partial charge in [0.1, 0.15) is 6.04 Å². The minimum Gasteiger partial charge on any atom is -0.392 e. The number of aliphatic hydroxyl groups is 1. The van der Waals surface area contributed by atoms with Gasteiger partial charge in [-0.3, -0.25) is 9.59 Å². The third-order valence-electron chi connectivity index (χ3n) is 7.26. The largest absolute Gasteiger partial charge is 0.392 e. The Morgan fingerprint density at radius 1 is 1.08 bits per heavy atom. The molecule has 0 radical (unpaired) electrons. The topological polar surface area (TPSA) is 95.7 Å². The van der Waals surface area contributed by atoms with Gasteiger partial charge >= 0.3 is 0 Å². The number of amides is 2. The van der Waals surface area contributed by atoms with E-state index < -0.39 is 11.6 Å². The molecule has 4 rings (SSSR count). The standard InChI is InChI=1S/C30H35N3O3/c1-4-30(3,31)29(36)32-26-17-20(2)24-10-7-8-12-27(24)33(28(26)35)18-21-13-15-22(16-14-21)25-11-6-5-9-23(25)19-34/h5-16,20,26,34H,4,17-19,31H2,1-3H3,(H,32,36). The molecule has 3 atom stereocenters. The molecule has 3 aromatic carbocycles. The fourth-order valence-corrected chi connectivity index (χ4v) is 4.72. The van der Waals surface area contributed by atoms with Crippen LogP contribution in [0.4, 0.5) is 5.69 Å². The summed E-state index contributed by atoms with van der Waals surface area (Å²) in [4.78, 5) is 28.5. The molecule has 0 bridgehead atoms. The van der Waals surface area contributed by atoms with E-state index >= 15 is 0 Å². The van der Waals surface area contributed by atoms with Crippen LogP contribution in [-0.4, -0.2) is 28.5 Å². The summed E-state index contributed by atoms with van der Waals surface area (Å²) in [5, 5.41) is 12.6. The Kier molecular flexibility index (Phi) is 7.57. The number of hydrogen-bond donors (Lipinski definition) is 3. The number of nitrogens with one attached hydrogen (secondary N) is 1. The summed E-state index contributed by atoms with van der Waals surface area (Å²) in [6.45, 7) is 5.99. The molecule has 0 aromatic heterocycles. The lowest BCUT2D eigenvalue weighted by molar-refractivity contribution is -0.130. The van der Waals surface area contributed by atoms with Crippen molar-refractivity contribution >= 4 is 17.5 Å². The molecule has 6 heteroatoms. The number of nitrogens with zero attached hydrogens (tertiary/aromatic N) is 1. The van der Waals surface area contributed by atoms with Crippen molar-refractivity contribution in [1.82, 2.24) is 5.32 Å². The molecule has 2 amide bonds. The second-order valence-electron chi connectivity index (χ2n) is 9.93. The van der Waals surface area contributed by atoms with Gasteiger partial charge in [-0.15, -0.1) is 0 Å². The molecule has 1 aliphatic heterocycles. The van der Waals surface area contributed by atoms with Crippen LogP contribution in [0.2, 0.25) is 0 Å². The van der Waals surface area contributed by atoms with Crippen LogP contribution in [0.25, 0.3) is 11.1 Å². The van der Waals surface area contributed by atoms with Crippen LogP contribution in [0.3, 0.4) is 0 Å². The highest BCUT2D eigenvalue weighted by Gasteiger charge is 2.37. The second kappa shape index (κ2) is 10.6. The first-order valence-electron chi connectivity index (χ1n) is 12.5. The van der Waals surface area contributed by atoms with E-state index in [0.29, 0.717) is 19.4 Å². The van der Waals surface area contributed by atoms with Crippen molar-refractivity contribution in [3.63, 3.8) is 0 Å². The molecular weight excluding hydrogens is 450 g/mol. The molecule has 6 nitrogen and oxygen atoms in total. The molecule has 0 saturated carbocycles. The smallest absolute Gasteiger partial charge is 0.249 e. The summed E-state index contributed by atoms with van der Waals surface area (Å²) in [5.41, 5.74) is 10.9. The number of benzene rings is 3. The van der Waals surface area contributed by atoms with E-state index in [4.69, 9.17) is 5.73 Å². The predicted molar refractivity (Wildman–Crippen MR) is 143 cm³/mol. The van der Waals surface area contributed by atoms with Crippen LogP contribution in [0.15, 0.2) is 72.8 Å². The van der Waals surface area contributed by atoms with E-state index in [0.717, 1.165) is 33.5 Å². The Bertz CT molecular complexity index is 1240. The van der Waals surface area contributed by atoms with Crippen LogP contribution < -0.4 is 16.0 Å². The first kappa shape index (κ1) is 25.6. The van der Waals surface area contributed by atoms with Gasteiger partial charge in [-0.1, -0.05) is 80.6 Å². The Hall–Kier alpha value is -3.48. The van der Waals surface area contributed by atoms with E-state index in [2.05, 4.69) is 18.3 Å². The number of para-hydroxylation sites is 1. The summed E-state index contributed by atoms with van der Waals surface area (Å²) in [5.74, 6) is -0.362. The molecule has 0 spiro atoms. The van der Waals surface area contributed by atoms with Crippen molar-refractivity contribution in [2.24, 2.45) is 5.73 Å². The number of anilines is 1. The molecule has 1 heterocycles. The molecule has 4 N–H and O–H groups in total. The fraction of sp³-hybridized carbons (Fsp3) is 0.333. The Morgan fingerprint density at radius 3 is 2.44 bits per heavy atom. The van der Waals surface area contributed by atoms with Gasteiger partial charge in [0.15, 0.2) is 0 Å². The maximum Gasteiger partial charge on any atom is 0.249 e. The Morgan fingerprint density at radius 2 is 1.75 bits per heavy atom. The highest BCUT2D eigenvalue weighted by Crippen LogP contribution is 2.36. The maximum absolute atomic E-state index is 13.8. The lowest BCUT2D eigenvalue weighted by Gasteiger charge is -2.29. The monoisotopic (exact) mass is 485 g/mol. The Balaban J connectivity index is 1.64. The van der Waals surface area contributed by atoms with Gasteiger partial charge in [-0.05, 0) is 59.6 Å². The number of rotatable bonds is 7. The van der Waals surface area contributed by atoms with Crippen molar-refractivity contribution in [2.75, 3.05) is 4.90 Å². The van der Waals surface area contributed by atoms with Crippen LogP contribution in [-0.2, 0) is 22.7 Å². The highest BCUT2D eigenvalue weighted by atomic mass is 16.3. The van der Waals surface area contributed by atoms with E-state index in [-0.39, 0.29) is 24.3 Å². The number of carbonyl (C=O) groups is 2. The fourth-order valence-electron chi connectivity index (χ4n) is 4.72. The SMILES string of the molecule is CCC(C)(N)C(=O)NC1CC(C)c2ccccc2N(Cc2ccc(-c3ccccc3CO)cc2)C1=O. The van der Waals surface area contributed by atoms with Crippen LogP contribution in [0.5, 0.6) is 0 Å². The zero-order valence-corrected chi connectivity index (χ0v) is 21.2. The van der Waals surface area contributed by atoms with Crippen molar-refractivity contribution in [2.45, 2.75) is 64.3 Å². The summed E-state index contributed by atoms with van der Waals surface area (Å²) in [6, 6.07) is 23.1. The quantitative estimate of drug-likeness (QED) is 0.459. The van der Waals surface area contributed by atoms with E-state index in [1.54, 1.807) is 11.8 Å². The average molecular weight is 486 g/mol. The number of aliphatic hydroxyl groups excluding tert-OH is 1. The summed E-state index contributed by atoms with van der Waals surface area (Å²) in [7, 11) is 0. The molecule has 1 aliphatic rings. The lowest BCUT2D eigenvalue weighted by atomic mass is 9.93. The third kappa shape index (κ3) is 5.20. The first-order chi connectivity index (χ1) is 17.2. The van der Waals surface area contributed by atoms with Crippen LogP contribution in [0, 0.1) is 0 Å². The Labute approximate surface area is 213 Å². The lowest BCUT2D eigenvalue weighted by Crippen LogP contribution is -2.57. The van der Waals surface area contributed by atoms with Crippen molar-refractivity contribution < 1.29 is 14.7 Å². The summed E-state index contributed by atoms with van der Waals surface area (Å²) in [6.07, 6.45) is 0.986. The van der Waals surface area contributed by atoms with Gasteiger partial charge in [0.2, 0.25) is 11.8 Å². The minimum atomic E-state index is -1.03. The number of nitrogens with two attached hydrogens (primary N) is 1. The molecule has 0 fully saturated rings. The van der Waals surface area contributed by atoms with E-state index in [1.165, 1.54) is 0 Å². The van der Waals surface area contributed by atoms with Gasteiger partial charge in [0.05, 0.1) is 18.7 Å². The van der Waals surface area contributed by atoms with Gasteiger partial charge < -0.3 is 21.1 Å². The molecule has 0 saturated heterocycles. The summed E-state index contributed by atoms with van der Waals surface area (Å²) < 4.78 is 0. The molecular formula is C30H35N3O3. The average Bonchev–Trinajstić information content (AvgIpc) is 2.99. The normalized spacial score (nSPS) is 19.2. The van der Waals surface area contributed by atoms with E-state index in [1.807, 2.05) is 73.7 Å². The number of fused-ring (bicyclic) bond motifs is 1. The molecule has 3 aromatic rings. The zero-order chi connectivity index (χ0) is 25.9. The third-order valence-corrected chi connectivity index (χ3v) is 7.26. The molecule has 188 valence electrons. The predicted octanol–water partition coefficient (Wildman–Crippen LogP) is 4.50. The van der Waals surface area contributed by atoms with Gasteiger partial charge in [0.25, 0.3) is 0 Å². The number of hydrogen-bond acceptors (Lipinski definition) is 4. The van der Waals surface area contributed by atoms with E-state index in [9.17, 15) is 14.7 Å². The highest BCUT2D eigenvalue weighted by molar-refractivity contribution is 6.01.